The van der Waals surface area contributed by atoms with Crippen molar-refractivity contribution < 1.29 is 18.7 Å². The molecule has 6 heteroatoms. The third kappa shape index (κ3) is 5.07. The van der Waals surface area contributed by atoms with Gasteiger partial charge in [0.15, 0.2) is 6.61 Å². The summed E-state index contributed by atoms with van der Waals surface area (Å²) in [4.78, 5) is 23.4. The van der Waals surface area contributed by atoms with E-state index < -0.39 is 18.5 Å². The fourth-order valence-corrected chi connectivity index (χ4v) is 2.14. The number of benzene rings is 2. The van der Waals surface area contributed by atoms with Crippen LogP contribution in [0.3, 0.4) is 0 Å². The number of esters is 1. The quantitative estimate of drug-likeness (QED) is 0.826. The highest BCUT2D eigenvalue weighted by atomic mass is 35.5. The first-order valence-electron chi connectivity index (χ1n) is 6.99. The van der Waals surface area contributed by atoms with E-state index >= 15 is 0 Å². The van der Waals surface area contributed by atoms with Crippen molar-refractivity contribution in [1.29, 1.82) is 0 Å². The average molecular weight is 336 g/mol. The summed E-state index contributed by atoms with van der Waals surface area (Å²) in [6, 6.07) is 12.8. The summed E-state index contributed by atoms with van der Waals surface area (Å²) in [7, 11) is 0. The lowest BCUT2D eigenvalue weighted by Gasteiger charge is -2.08. The third-order valence-electron chi connectivity index (χ3n) is 3.10. The predicted molar refractivity (Wildman–Crippen MR) is 84.8 cm³/mol. The van der Waals surface area contributed by atoms with Crippen molar-refractivity contribution in [3.05, 3.63) is 70.5 Å². The molecule has 0 atom stereocenters. The lowest BCUT2D eigenvalue weighted by atomic mass is 10.1. The summed E-state index contributed by atoms with van der Waals surface area (Å²) < 4.78 is 18.3. The molecular formula is C17H15ClFNO3. The van der Waals surface area contributed by atoms with Crippen LogP contribution in [0.25, 0.3) is 0 Å². The molecule has 0 bridgehead atoms. The molecule has 23 heavy (non-hydrogen) atoms. The van der Waals surface area contributed by atoms with Crippen LogP contribution in [-0.2, 0) is 16.0 Å². The minimum atomic E-state index is -0.667. The highest BCUT2D eigenvalue weighted by Crippen LogP contribution is 2.15. The minimum Gasteiger partial charge on any atom is -0.452 e. The molecule has 120 valence electrons. The average Bonchev–Trinajstić information content (AvgIpc) is 2.55. The molecule has 2 rings (SSSR count). The van der Waals surface area contributed by atoms with E-state index in [-0.39, 0.29) is 22.9 Å². The van der Waals surface area contributed by atoms with Gasteiger partial charge in [-0.25, -0.2) is 9.18 Å². The maximum atomic E-state index is 13.4. The zero-order valence-corrected chi connectivity index (χ0v) is 13.0. The molecule has 2 aromatic carbocycles. The zero-order valence-electron chi connectivity index (χ0n) is 12.2. The first-order valence-corrected chi connectivity index (χ1v) is 7.37. The molecular weight excluding hydrogens is 321 g/mol. The van der Waals surface area contributed by atoms with Crippen LogP contribution in [-0.4, -0.2) is 25.0 Å². The van der Waals surface area contributed by atoms with Crippen molar-refractivity contribution in [1.82, 2.24) is 5.32 Å². The Morgan fingerprint density at radius 3 is 2.52 bits per heavy atom. The summed E-state index contributed by atoms with van der Waals surface area (Å²) in [5.74, 6) is -1.44. The van der Waals surface area contributed by atoms with Gasteiger partial charge in [0.05, 0.1) is 10.6 Å². The molecule has 0 radical (unpaired) electrons. The van der Waals surface area contributed by atoms with Crippen LogP contribution in [0, 0.1) is 5.82 Å². The third-order valence-corrected chi connectivity index (χ3v) is 3.43. The Balaban J connectivity index is 1.74. The first-order chi connectivity index (χ1) is 11.1. The second-order valence-corrected chi connectivity index (χ2v) is 5.15. The van der Waals surface area contributed by atoms with Gasteiger partial charge in [0.2, 0.25) is 0 Å². The molecule has 0 aliphatic carbocycles. The summed E-state index contributed by atoms with van der Waals surface area (Å²) in [5, 5.41) is 2.83. The number of amides is 1. The van der Waals surface area contributed by atoms with Crippen LogP contribution in [0.2, 0.25) is 5.02 Å². The van der Waals surface area contributed by atoms with E-state index in [1.807, 2.05) is 0 Å². The van der Waals surface area contributed by atoms with E-state index in [9.17, 15) is 14.0 Å². The highest BCUT2D eigenvalue weighted by molar-refractivity contribution is 6.33. The molecule has 0 fully saturated rings. The number of nitrogens with one attached hydrogen (secondary N) is 1. The Hall–Kier alpha value is -2.40. The van der Waals surface area contributed by atoms with Crippen molar-refractivity contribution in [2.24, 2.45) is 0 Å². The molecule has 0 heterocycles. The molecule has 2 aromatic rings. The van der Waals surface area contributed by atoms with Gasteiger partial charge in [-0.3, -0.25) is 4.79 Å². The normalized spacial score (nSPS) is 10.2. The smallest absolute Gasteiger partial charge is 0.340 e. The van der Waals surface area contributed by atoms with Gasteiger partial charge in [-0.2, -0.15) is 0 Å². The number of rotatable bonds is 6. The van der Waals surface area contributed by atoms with Gasteiger partial charge in [0, 0.05) is 6.54 Å². The predicted octanol–water partition coefficient (Wildman–Crippen LogP) is 2.99. The van der Waals surface area contributed by atoms with Crippen LogP contribution in [0.4, 0.5) is 4.39 Å². The van der Waals surface area contributed by atoms with E-state index in [4.69, 9.17) is 16.3 Å². The Morgan fingerprint density at radius 1 is 1.09 bits per heavy atom. The largest absolute Gasteiger partial charge is 0.452 e. The summed E-state index contributed by atoms with van der Waals surface area (Å²) in [6.45, 7) is -0.162. The summed E-state index contributed by atoms with van der Waals surface area (Å²) in [6.07, 6.45) is 0.358. The van der Waals surface area contributed by atoms with E-state index in [2.05, 4.69) is 5.32 Å². The number of hydrogen-bond acceptors (Lipinski definition) is 3. The number of ether oxygens (including phenoxy) is 1. The Labute approximate surface area is 138 Å². The molecule has 0 saturated heterocycles. The van der Waals surface area contributed by atoms with Crippen molar-refractivity contribution in [3.8, 4) is 0 Å². The molecule has 0 aliphatic rings. The fourth-order valence-electron chi connectivity index (χ4n) is 1.92. The molecule has 0 aromatic heterocycles. The van der Waals surface area contributed by atoms with Gasteiger partial charge in [-0.15, -0.1) is 0 Å². The maximum Gasteiger partial charge on any atom is 0.340 e. The summed E-state index contributed by atoms with van der Waals surface area (Å²) >= 11 is 5.86. The minimum absolute atomic E-state index is 0.202. The van der Waals surface area contributed by atoms with Gasteiger partial charge in [0.1, 0.15) is 5.82 Å². The number of carbonyl (C=O) groups is 2. The van der Waals surface area contributed by atoms with Crippen LogP contribution in [0.1, 0.15) is 15.9 Å². The van der Waals surface area contributed by atoms with E-state index in [1.54, 1.807) is 36.4 Å². The van der Waals surface area contributed by atoms with Crippen LogP contribution >= 0.6 is 11.6 Å². The molecule has 0 spiro atoms. The molecule has 1 amide bonds. The van der Waals surface area contributed by atoms with E-state index in [1.165, 1.54) is 12.1 Å². The van der Waals surface area contributed by atoms with Crippen LogP contribution in [0.15, 0.2) is 48.5 Å². The number of halogens is 2. The highest BCUT2D eigenvalue weighted by Gasteiger charge is 2.13. The van der Waals surface area contributed by atoms with E-state index in [0.29, 0.717) is 12.0 Å². The summed E-state index contributed by atoms with van der Waals surface area (Å²) in [5.41, 5.74) is 0.717. The van der Waals surface area contributed by atoms with Crippen molar-refractivity contribution in [3.63, 3.8) is 0 Å². The van der Waals surface area contributed by atoms with Gasteiger partial charge in [-0.05, 0) is 30.2 Å². The van der Waals surface area contributed by atoms with Crippen LogP contribution in [0.5, 0.6) is 0 Å². The second-order valence-electron chi connectivity index (χ2n) is 4.75. The zero-order chi connectivity index (χ0) is 16.7. The van der Waals surface area contributed by atoms with Gasteiger partial charge in [-0.1, -0.05) is 41.9 Å². The Morgan fingerprint density at radius 2 is 1.78 bits per heavy atom. The molecule has 0 aliphatic heterocycles. The molecule has 0 saturated carbocycles. The Kier molecular flexibility index (Phi) is 6.11. The maximum absolute atomic E-state index is 13.4. The van der Waals surface area contributed by atoms with E-state index in [0.717, 1.165) is 0 Å². The molecule has 4 nitrogen and oxygen atoms in total. The van der Waals surface area contributed by atoms with Gasteiger partial charge < -0.3 is 10.1 Å². The molecule has 0 unspecified atom stereocenters. The monoisotopic (exact) mass is 335 g/mol. The fraction of sp³-hybridized carbons (Fsp3) is 0.176. The number of carbonyl (C=O) groups excluding carboxylic acids is 2. The molecule has 1 N–H and O–H groups in total. The topological polar surface area (TPSA) is 55.4 Å². The van der Waals surface area contributed by atoms with Crippen molar-refractivity contribution in [2.75, 3.05) is 13.2 Å². The van der Waals surface area contributed by atoms with Crippen molar-refractivity contribution in [2.45, 2.75) is 6.42 Å². The Bertz CT molecular complexity index is 706. The number of hydrogen-bond donors (Lipinski definition) is 1. The lowest BCUT2D eigenvalue weighted by molar-refractivity contribution is -0.124. The standard InChI is InChI=1S/C17H15ClFNO3/c18-14-7-3-2-6-13(14)17(22)23-11-16(21)20-10-9-12-5-1-4-8-15(12)19/h1-8H,9-11H2,(H,20,21). The second kappa shape index (κ2) is 8.29. The van der Waals surface area contributed by atoms with Crippen molar-refractivity contribution >= 4 is 23.5 Å². The lowest BCUT2D eigenvalue weighted by Crippen LogP contribution is -2.30. The van der Waals surface area contributed by atoms with Crippen LogP contribution < -0.4 is 5.32 Å². The van der Waals surface area contributed by atoms with Gasteiger partial charge in [0.25, 0.3) is 5.91 Å². The SMILES string of the molecule is O=C(COC(=O)c1ccccc1Cl)NCCc1ccccc1F. The first kappa shape index (κ1) is 17.0. The van der Waals surface area contributed by atoms with Gasteiger partial charge >= 0.3 is 5.97 Å².